The number of nitrogens with one attached hydrogen (secondary N) is 1. The fourth-order valence-electron chi connectivity index (χ4n) is 2.89. The fraction of sp³-hybridized carbons (Fsp3) is 0.391. The molecule has 0 radical (unpaired) electrons. The minimum absolute atomic E-state index is 0.0509. The molecule has 0 saturated carbocycles. The van der Waals surface area contributed by atoms with E-state index in [0.29, 0.717) is 17.3 Å². The molecule has 2 atom stereocenters. The Morgan fingerprint density at radius 2 is 1.79 bits per heavy atom. The lowest BCUT2D eigenvalue weighted by molar-refractivity contribution is -0.140. The standard InChI is InChI=1S/C23H29ClN2O3/c1-5-16(2)25-23(28)17(3)26(15-19-7-6-8-21(13-19)29-4)22(27)14-18-9-11-20(24)12-10-18/h6-13,16-17H,5,14-15H2,1-4H3,(H,25,28)/t16-,17+/m1/s1. The van der Waals surface area contributed by atoms with Gasteiger partial charge in [0, 0.05) is 17.6 Å². The largest absolute Gasteiger partial charge is 0.497 e. The van der Waals surface area contributed by atoms with E-state index in [1.54, 1.807) is 31.1 Å². The van der Waals surface area contributed by atoms with Crippen LogP contribution in [-0.4, -0.2) is 35.9 Å². The van der Waals surface area contributed by atoms with Crippen molar-refractivity contribution >= 4 is 23.4 Å². The van der Waals surface area contributed by atoms with E-state index in [2.05, 4.69) is 5.32 Å². The molecule has 6 heteroatoms. The van der Waals surface area contributed by atoms with Crippen molar-refractivity contribution in [2.45, 2.75) is 52.2 Å². The first-order valence-corrected chi connectivity index (χ1v) is 10.2. The Morgan fingerprint density at radius 3 is 2.41 bits per heavy atom. The zero-order valence-corrected chi connectivity index (χ0v) is 18.2. The fourth-order valence-corrected chi connectivity index (χ4v) is 3.02. The van der Waals surface area contributed by atoms with Crippen molar-refractivity contribution in [3.05, 3.63) is 64.7 Å². The topological polar surface area (TPSA) is 58.6 Å². The maximum absolute atomic E-state index is 13.1. The van der Waals surface area contributed by atoms with Crippen LogP contribution in [0.5, 0.6) is 5.75 Å². The zero-order valence-electron chi connectivity index (χ0n) is 17.4. The van der Waals surface area contributed by atoms with Gasteiger partial charge in [0.05, 0.1) is 13.5 Å². The van der Waals surface area contributed by atoms with E-state index in [1.807, 2.05) is 50.2 Å². The first kappa shape index (κ1) is 22.8. The molecule has 0 aromatic heterocycles. The van der Waals surface area contributed by atoms with Crippen LogP contribution in [0.4, 0.5) is 0 Å². The van der Waals surface area contributed by atoms with E-state index >= 15 is 0 Å². The molecular formula is C23H29ClN2O3. The van der Waals surface area contributed by atoms with E-state index in [-0.39, 0.29) is 24.3 Å². The van der Waals surface area contributed by atoms with Crippen molar-refractivity contribution in [2.75, 3.05) is 7.11 Å². The lowest BCUT2D eigenvalue weighted by Gasteiger charge is -2.30. The van der Waals surface area contributed by atoms with E-state index in [4.69, 9.17) is 16.3 Å². The van der Waals surface area contributed by atoms with E-state index in [9.17, 15) is 9.59 Å². The summed E-state index contributed by atoms with van der Waals surface area (Å²) in [6, 6.07) is 14.1. The van der Waals surface area contributed by atoms with E-state index in [1.165, 1.54) is 0 Å². The number of amides is 2. The highest BCUT2D eigenvalue weighted by Gasteiger charge is 2.27. The first-order chi connectivity index (χ1) is 13.8. The van der Waals surface area contributed by atoms with E-state index in [0.717, 1.165) is 17.5 Å². The van der Waals surface area contributed by atoms with Gasteiger partial charge in [0.2, 0.25) is 11.8 Å². The van der Waals surface area contributed by atoms with Crippen molar-refractivity contribution < 1.29 is 14.3 Å². The summed E-state index contributed by atoms with van der Waals surface area (Å²) in [6.07, 6.45) is 1.02. The van der Waals surface area contributed by atoms with Crippen molar-refractivity contribution in [1.29, 1.82) is 0 Å². The molecule has 0 unspecified atom stereocenters. The highest BCUT2D eigenvalue weighted by molar-refractivity contribution is 6.30. The molecule has 0 aliphatic heterocycles. The lowest BCUT2D eigenvalue weighted by atomic mass is 10.1. The average Bonchev–Trinajstić information content (AvgIpc) is 2.73. The van der Waals surface area contributed by atoms with Crippen LogP contribution < -0.4 is 10.1 Å². The van der Waals surface area contributed by atoms with Gasteiger partial charge in [-0.05, 0) is 55.7 Å². The van der Waals surface area contributed by atoms with Gasteiger partial charge in [-0.25, -0.2) is 0 Å². The van der Waals surface area contributed by atoms with Gasteiger partial charge < -0.3 is 15.0 Å². The quantitative estimate of drug-likeness (QED) is 0.665. The maximum Gasteiger partial charge on any atom is 0.242 e. The molecule has 2 amide bonds. The number of hydrogen-bond acceptors (Lipinski definition) is 3. The summed E-state index contributed by atoms with van der Waals surface area (Å²) in [6.45, 7) is 6.04. The Balaban J connectivity index is 2.23. The number of nitrogens with zero attached hydrogens (tertiary/aromatic N) is 1. The average molecular weight is 417 g/mol. The van der Waals surface area contributed by atoms with Crippen LogP contribution >= 0.6 is 11.6 Å². The van der Waals surface area contributed by atoms with Gasteiger partial charge in [0.1, 0.15) is 11.8 Å². The predicted octanol–water partition coefficient (Wildman–Crippen LogP) is 4.22. The minimum Gasteiger partial charge on any atom is -0.497 e. The van der Waals surface area contributed by atoms with Crippen LogP contribution in [0, 0.1) is 0 Å². The summed E-state index contributed by atoms with van der Waals surface area (Å²) in [7, 11) is 1.60. The zero-order chi connectivity index (χ0) is 21.4. The molecule has 0 saturated heterocycles. The molecular weight excluding hydrogens is 388 g/mol. The molecule has 0 bridgehead atoms. The van der Waals surface area contributed by atoms with Crippen LogP contribution in [0.15, 0.2) is 48.5 Å². The molecule has 0 aliphatic carbocycles. The number of halogens is 1. The maximum atomic E-state index is 13.1. The van der Waals surface area contributed by atoms with Crippen molar-refractivity contribution in [1.82, 2.24) is 10.2 Å². The summed E-state index contributed by atoms with van der Waals surface area (Å²) in [5.74, 6) is 0.429. The number of benzene rings is 2. The first-order valence-electron chi connectivity index (χ1n) is 9.81. The second-order valence-corrected chi connectivity index (χ2v) is 7.61. The molecule has 1 N–H and O–H groups in total. The highest BCUT2D eigenvalue weighted by atomic mass is 35.5. The van der Waals surface area contributed by atoms with Crippen LogP contribution in [0.2, 0.25) is 5.02 Å². The van der Waals surface area contributed by atoms with Gasteiger partial charge in [-0.2, -0.15) is 0 Å². The molecule has 156 valence electrons. The number of methoxy groups -OCH3 is 1. The number of ether oxygens (including phenoxy) is 1. The monoisotopic (exact) mass is 416 g/mol. The molecule has 2 aromatic rings. The summed E-state index contributed by atoms with van der Waals surface area (Å²) in [4.78, 5) is 27.5. The number of carbonyl (C=O) groups is 2. The molecule has 0 aliphatic rings. The summed E-state index contributed by atoms with van der Waals surface area (Å²) >= 11 is 5.94. The molecule has 0 spiro atoms. The third-order valence-corrected chi connectivity index (χ3v) is 5.18. The summed E-state index contributed by atoms with van der Waals surface area (Å²) in [5.41, 5.74) is 1.75. The number of hydrogen-bond donors (Lipinski definition) is 1. The molecule has 2 aromatic carbocycles. The third-order valence-electron chi connectivity index (χ3n) is 4.92. The predicted molar refractivity (Wildman–Crippen MR) is 116 cm³/mol. The molecule has 0 fully saturated rings. The lowest BCUT2D eigenvalue weighted by Crippen LogP contribution is -2.49. The highest BCUT2D eigenvalue weighted by Crippen LogP contribution is 2.18. The normalized spacial score (nSPS) is 12.7. The molecule has 5 nitrogen and oxygen atoms in total. The Kier molecular flexibility index (Phi) is 8.52. The van der Waals surface area contributed by atoms with Gasteiger partial charge in [-0.1, -0.05) is 42.8 Å². The minimum atomic E-state index is -0.602. The van der Waals surface area contributed by atoms with Crippen LogP contribution in [0.1, 0.15) is 38.3 Å². The Labute approximate surface area is 178 Å². The van der Waals surface area contributed by atoms with Gasteiger partial charge >= 0.3 is 0 Å². The van der Waals surface area contributed by atoms with Gasteiger partial charge in [0.15, 0.2) is 0 Å². The van der Waals surface area contributed by atoms with Gasteiger partial charge in [-0.15, -0.1) is 0 Å². The van der Waals surface area contributed by atoms with Crippen molar-refractivity contribution in [3.63, 3.8) is 0 Å². The molecule has 2 rings (SSSR count). The smallest absolute Gasteiger partial charge is 0.242 e. The van der Waals surface area contributed by atoms with Crippen LogP contribution in [0.3, 0.4) is 0 Å². The Hall–Kier alpha value is -2.53. The second kappa shape index (κ2) is 10.9. The van der Waals surface area contributed by atoms with E-state index < -0.39 is 6.04 Å². The van der Waals surface area contributed by atoms with Crippen molar-refractivity contribution in [2.24, 2.45) is 0 Å². The summed E-state index contributed by atoms with van der Waals surface area (Å²) < 4.78 is 5.28. The number of carbonyl (C=O) groups excluding carboxylic acids is 2. The molecule has 0 heterocycles. The second-order valence-electron chi connectivity index (χ2n) is 7.17. The number of rotatable bonds is 9. The Bertz CT molecular complexity index is 823. The molecule has 29 heavy (non-hydrogen) atoms. The SMILES string of the molecule is CC[C@@H](C)NC(=O)[C@H](C)N(Cc1cccc(OC)c1)C(=O)Cc1ccc(Cl)cc1. The van der Waals surface area contributed by atoms with Crippen LogP contribution in [-0.2, 0) is 22.6 Å². The Morgan fingerprint density at radius 1 is 1.10 bits per heavy atom. The van der Waals surface area contributed by atoms with Crippen molar-refractivity contribution in [3.8, 4) is 5.75 Å². The van der Waals surface area contributed by atoms with Gasteiger partial charge in [-0.3, -0.25) is 9.59 Å². The summed E-state index contributed by atoms with van der Waals surface area (Å²) in [5, 5.41) is 3.59. The third kappa shape index (κ3) is 6.79. The van der Waals surface area contributed by atoms with Gasteiger partial charge in [0.25, 0.3) is 0 Å². The van der Waals surface area contributed by atoms with Crippen LogP contribution in [0.25, 0.3) is 0 Å².